The fraction of sp³-hybridized carbons (Fsp3) is 0.562. The third-order valence-corrected chi connectivity index (χ3v) is 4.57. The number of nitrogens with one attached hydrogen (secondary N) is 1. The van der Waals surface area contributed by atoms with Crippen LogP contribution < -0.4 is 11.1 Å². The Labute approximate surface area is 152 Å². The molecule has 0 saturated carbocycles. The summed E-state index contributed by atoms with van der Waals surface area (Å²) < 4.78 is 44.8. The van der Waals surface area contributed by atoms with Crippen LogP contribution in [0.3, 0.4) is 0 Å². The van der Waals surface area contributed by atoms with Crippen molar-refractivity contribution in [3.8, 4) is 0 Å². The second-order valence-electron chi connectivity index (χ2n) is 5.84. The number of ether oxygens (including phenoxy) is 3. The summed E-state index contributed by atoms with van der Waals surface area (Å²) in [5, 5.41) is 2.77. The average molecular weight is 388 g/mol. The number of nitrogens with two attached hydrogens (primary N) is 1. The van der Waals surface area contributed by atoms with E-state index in [9.17, 15) is 13.2 Å². The monoisotopic (exact) mass is 388 g/mol. The highest BCUT2D eigenvalue weighted by Gasteiger charge is 2.49. The molecule has 146 valence electrons. The van der Waals surface area contributed by atoms with Gasteiger partial charge in [0.05, 0.1) is 6.26 Å². The van der Waals surface area contributed by atoms with Crippen LogP contribution in [0, 0.1) is 0 Å². The van der Waals surface area contributed by atoms with Gasteiger partial charge in [0, 0.05) is 26.3 Å². The van der Waals surface area contributed by atoms with Crippen molar-refractivity contribution in [2.45, 2.75) is 30.6 Å². The number of amides is 1. The normalized spacial score (nSPS) is 29.3. The lowest BCUT2D eigenvalue weighted by atomic mass is 9.96. The Bertz CT molecular complexity index is 698. The molecule has 0 bridgehead atoms. The fourth-order valence-electron chi connectivity index (χ4n) is 2.87. The Morgan fingerprint density at radius 1 is 1.19 bits per heavy atom. The summed E-state index contributed by atoms with van der Waals surface area (Å²) in [4.78, 5) is 12.5. The number of hydrogen-bond acceptors (Lipinski definition) is 8. The zero-order valence-electron chi connectivity index (χ0n) is 14.8. The highest BCUT2D eigenvalue weighted by molar-refractivity contribution is 7.86. The largest absolute Gasteiger partial charge is 0.376 e. The van der Waals surface area contributed by atoms with Crippen LogP contribution in [-0.2, 0) is 28.5 Å². The van der Waals surface area contributed by atoms with Gasteiger partial charge in [-0.25, -0.2) is 0 Å². The summed E-state index contributed by atoms with van der Waals surface area (Å²) in [6.45, 7) is -0.0146. The minimum absolute atomic E-state index is 0.0146. The lowest BCUT2D eigenvalue weighted by molar-refractivity contribution is -0.251. The smallest absolute Gasteiger partial charge is 0.264 e. The van der Waals surface area contributed by atoms with Crippen LogP contribution in [0.25, 0.3) is 0 Å². The van der Waals surface area contributed by atoms with E-state index in [4.69, 9.17) is 24.1 Å². The van der Waals surface area contributed by atoms with Crippen LogP contribution in [0.4, 0.5) is 0 Å². The van der Waals surface area contributed by atoms with Crippen molar-refractivity contribution in [1.82, 2.24) is 5.32 Å². The molecule has 1 saturated heterocycles. The highest BCUT2D eigenvalue weighted by atomic mass is 32.2. The van der Waals surface area contributed by atoms with Gasteiger partial charge >= 0.3 is 0 Å². The predicted molar refractivity (Wildman–Crippen MR) is 92.9 cm³/mol. The average Bonchev–Trinajstić information content (AvgIpc) is 2.61. The molecular formula is C16H24N2O7S. The van der Waals surface area contributed by atoms with Gasteiger partial charge in [-0.05, 0) is 12.1 Å². The Morgan fingerprint density at radius 2 is 1.85 bits per heavy atom. The van der Waals surface area contributed by atoms with Crippen molar-refractivity contribution < 1.29 is 31.6 Å². The molecule has 26 heavy (non-hydrogen) atoms. The molecule has 9 nitrogen and oxygen atoms in total. The standard InChI is InChI=1S/C16H24N2O7S/c1-22-14-12(18-15(19)10-7-5-4-6-8-10)16(23-2)24-11(9-17)13(14)25-26(3,20)21/h4-8,11-14,16H,9,17H2,1-3H3,(H,18,19)/t11-,12+,13-,14-,16-/m1/s1. The first-order valence-electron chi connectivity index (χ1n) is 7.96. The molecule has 1 aromatic rings. The third-order valence-electron chi connectivity index (χ3n) is 4.00. The Kier molecular flexibility index (Phi) is 7.09. The summed E-state index contributed by atoms with van der Waals surface area (Å²) in [6, 6.07) is 7.73. The van der Waals surface area contributed by atoms with Crippen LogP contribution in [0.15, 0.2) is 30.3 Å². The molecule has 5 atom stereocenters. The molecule has 0 aromatic heterocycles. The van der Waals surface area contributed by atoms with E-state index < -0.39 is 40.8 Å². The molecule has 2 rings (SSSR count). The van der Waals surface area contributed by atoms with Gasteiger partial charge in [-0.3, -0.25) is 8.98 Å². The molecule has 1 fully saturated rings. The summed E-state index contributed by atoms with van der Waals surface area (Å²) in [7, 11) is -1.01. The van der Waals surface area contributed by atoms with Gasteiger partial charge in [0.15, 0.2) is 6.29 Å². The topological polar surface area (TPSA) is 126 Å². The lowest BCUT2D eigenvalue weighted by Crippen LogP contribution is -2.66. The first-order valence-corrected chi connectivity index (χ1v) is 9.77. The second kappa shape index (κ2) is 8.89. The van der Waals surface area contributed by atoms with Crippen LogP contribution in [0.1, 0.15) is 10.4 Å². The molecule has 1 aliphatic heterocycles. The molecule has 1 heterocycles. The Hall–Kier alpha value is -1.56. The summed E-state index contributed by atoms with van der Waals surface area (Å²) >= 11 is 0. The number of methoxy groups -OCH3 is 2. The second-order valence-corrected chi connectivity index (χ2v) is 7.45. The zero-order chi connectivity index (χ0) is 19.3. The Morgan fingerprint density at radius 3 is 2.35 bits per heavy atom. The van der Waals surface area contributed by atoms with Gasteiger partial charge in [0.2, 0.25) is 0 Å². The van der Waals surface area contributed by atoms with Gasteiger partial charge in [0.25, 0.3) is 16.0 Å². The van der Waals surface area contributed by atoms with Crippen LogP contribution in [-0.4, -0.2) is 72.0 Å². The number of benzene rings is 1. The van der Waals surface area contributed by atoms with E-state index in [0.29, 0.717) is 5.56 Å². The van der Waals surface area contributed by atoms with Crippen LogP contribution >= 0.6 is 0 Å². The molecular weight excluding hydrogens is 364 g/mol. The highest BCUT2D eigenvalue weighted by Crippen LogP contribution is 2.27. The minimum atomic E-state index is -3.81. The molecule has 1 aliphatic rings. The van der Waals surface area contributed by atoms with Gasteiger partial charge in [0.1, 0.15) is 24.4 Å². The van der Waals surface area contributed by atoms with Crippen molar-refractivity contribution in [1.29, 1.82) is 0 Å². The van der Waals surface area contributed by atoms with E-state index in [1.165, 1.54) is 14.2 Å². The van der Waals surface area contributed by atoms with E-state index in [1.807, 2.05) is 0 Å². The molecule has 0 spiro atoms. The molecule has 0 radical (unpaired) electrons. The maximum Gasteiger partial charge on any atom is 0.264 e. The first-order chi connectivity index (χ1) is 12.3. The molecule has 3 N–H and O–H groups in total. The molecule has 0 aliphatic carbocycles. The lowest BCUT2D eigenvalue weighted by Gasteiger charge is -2.44. The summed E-state index contributed by atoms with van der Waals surface area (Å²) in [5.41, 5.74) is 6.12. The number of carbonyl (C=O) groups excluding carboxylic acids is 1. The van der Waals surface area contributed by atoms with Crippen LogP contribution in [0.5, 0.6) is 0 Å². The van der Waals surface area contributed by atoms with Crippen molar-refractivity contribution in [3.63, 3.8) is 0 Å². The van der Waals surface area contributed by atoms with Crippen LogP contribution in [0.2, 0.25) is 0 Å². The van der Waals surface area contributed by atoms with Gasteiger partial charge < -0.3 is 25.3 Å². The molecule has 0 unspecified atom stereocenters. The van der Waals surface area contributed by atoms with E-state index in [2.05, 4.69) is 5.32 Å². The van der Waals surface area contributed by atoms with Crippen molar-refractivity contribution in [2.24, 2.45) is 5.73 Å². The third kappa shape index (κ3) is 5.00. The molecule has 1 amide bonds. The number of rotatable bonds is 7. The predicted octanol–water partition coefficient (Wildman–Crippen LogP) is -0.525. The molecule has 10 heteroatoms. The first kappa shape index (κ1) is 20.7. The SMILES string of the molecule is CO[C@@H]1O[C@H](CN)[C@@H](OS(C)(=O)=O)[C@H](OC)[C@@H]1NC(=O)c1ccccc1. The maximum absolute atomic E-state index is 12.5. The van der Waals surface area contributed by atoms with Gasteiger partial charge in [-0.15, -0.1) is 0 Å². The summed E-state index contributed by atoms with van der Waals surface area (Å²) in [6.07, 6.45) is -2.64. The molecule has 1 aromatic carbocycles. The summed E-state index contributed by atoms with van der Waals surface area (Å²) in [5.74, 6) is -0.382. The van der Waals surface area contributed by atoms with E-state index in [1.54, 1.807) is 30.3 Å². The minimum Gasteiger partial charge on any atom is -0.376 e. The zero-order valence-corrected chi connectivity index (χ0v) is 15.6. The van der Waals surface area contributed by atoms with Crippen molar-refractivity contribution >= 4 is 16.0 Å². The quantitative estimate of drug-likeness (QED) is 0.597. The Balaban J connectivity index is 2.29. The van der Waals surface area contributed by atoms with E-state index in [-0.39, 0.29) is 12.5 Å². The van der Waals surface area contributed by atoms with Crippen molar-refractivity contribution in [2.75, 3.05) is 27.0 Å². The number of carbonyl (C=O) groups is 1. The van der Waals surface area contributed by atoms with Crippen molar-refractivity contribution in [3.05, 3.63) is 35.9 Å². The maximum atomic E-state index is 12.5. The fourth-order valence-corrected chi connectivity index (χ4v) is 3.51. The number of hydrogen-bond donors (Lipinski definition) is 2. The van der Waals surface area contributed by atoms with Gasteiger partial charge in [-0.1, -0.05) is 18.2 Å². The van der Waals surface area contributed by atoms with E-state index >= 15 is 0 Å². The van der Waals surface area contributed by atoms with Gasteiger partial charge in [-0.2, -0.15) is 8.42 Å². The van der Waals surface area contributed by atoms with E-state index in [0.717, 1.165) is 6.26 Å².